The Morgan fingerprint density at radius 1 is 1.45 bits per heavy atom. The smallest absolute Gasteiger partial charge is 0.240 e. The first kappa shape index (κ1) is 15.1. The summed E-state index contributed by atoms with van der Waals surface area (Å²) < 4.78 is 19.1. The second-order valence-corrected chi connectivity index (χ2v) is 5.61. The number of nitrogens with zero attached hydrogens (tertiary/aromatic N) is 4. The van der Waals surface area contributed by atoms with E-state index in [1.165, 1.54) is 0 Å². The molecule has 0 unspecified atom stereocenters. The summed E-state index contributed by atoms with van der Waals surface area (Å²) in [4.78, 5) is 24.4. The summed E-state index contributed by atoms with van der Waals surface area (Å²) in [5, 5.41) is 0. The molecule has 22 heavy (non-hydrogen) atoms. The van der Waals surface area contributed by atoms with Crippen molar-refractivity contribution in [2.45, 2.75) is 25.2 Å². The summed E-state index contributed by atoms with van der Waals surface area (Å²) in [5.41, 5.74) is 5.64. The Labute approximate surface area is 128 Å². The van der Waals surface area contributed by atoms with Gasteiger partial charge in [0.25, 0.3) is 0 Å². The van der Waals surface area contributed by atoms with Crippen molar-refractivity contribution in [3.8, 4) is 0 Å². The largest absolute Gasteiger partial charge is 0.384 e. The first-order valence-electron chi connectivity index (χ1n) is 7.45. The van der Waals surface area contributed by atoms with Crippen LogP contribution in [0.2, 0.25) is 0 Å². The molecular formula is C14H20FN5O2. The van der Waals surface area contributed by atoms with Gasteiger partial charge in [0, 0.05) is 32.3 Å². The van der Waals surface area contributed by atoms with Crippen LogP contribution in [0, 0.1) is 0 Å². The number of likely N-dealkylation sites (tertiary alicyclic amines) is 1. The third kappa shape index (κ3) is 3.33. The van der Waals surface area contributed by atoms with Crippen molar-refractivity contribution in [3.05, 3.63) is 18.1 Å². The Balaban J connectivity index is 1.70. The quantitative estimate of drug-likeness (QED) is 0.834. The molecule has 7 nitrogen and oxygen atoms in total. The summed E-state index contributed by atoms with van der Waals surface area (Å²) in [6.45, 7) is 2.75. The van der Waals surface area contributed by atoms with Gasteiger partial charge in [-0.2, -0.15) is 0 Å². The molecule has 0 radical (unpaired) electrons. The van der Waals surface area contributed by atoms with E-state index in [0.717, 1.165) is 0 Å². The number of aromatic nitrogens is 2. The zero-order valence-corrected chi connectivity index (χ0v) is 12.3. The number of alkyl halides is 1. The molecule has 0 aliphatic carbocycles. The lowest BCUT2D eigenvalue weighted by Crippen LogP contribution is -2.49. The second kappa shape index (κ2) is 6.53. The highest BCUT2D eigenvalue weighted by atomic mass is 19.1. The van der Waals surface area contributed by atoms with Gasteiger partial charge in [-0.25, -0.2) is 14.4 Å². The monoisotopic (exact) mass is 309 g/mol. The minimum Gasteiger partial charge on any atom is -0.384 e. The summed E-state index contributed by atoms with van der Waals surface area (Å²) >= 11 is 0. The predicted octanol–water partition coefficient (Wildman–Crippen LogP) is -0.170. The van der Waals surface area contributed by atoms with E-state index in [2.05, 4.69) is 9.97 Å². The van der Waals surface area contributed by atoms with E-state index in [4.69, 9.17) is 10.5 Å². The summed E-state index contributed by atoms with van der Waals surface area (Å²) in [7, 11) is 0. The lowest BCUT2D eigenvalue weighted by atomic mass is 10.1. The van der Waals surface area contributed by atoms with Crippen molar-refractivity contribution in [2.24, 2.45) is 0 Å². The molecule has 2 saturated heterocycles. The van der Waals surface area contributed by atoms with Crippen LogP contribution in [-0.4, -0.2) is 70.7 Å². The fourth-order valence-corrected chi connectivity index (χ4v) is 2.95. The van der Waals surface area contributed by atoms with Crippen LogP contribution in [0.15, 0.2) is 12.3 Å². The first-order valence-corrected chi connectivity index (χ1v) is 7.45. The second-order valence-electron chi connectivity index (χ2n) is 5.61. The highest BCUT2D eigenvalue weighted by Gasteiger charge is 2.39. The molecule has 0 bridgehead atoms. The van der Waals surface area contributed by atoms with Gasteiger partial charge in [-0.3, -0.25) is 9.69 Å². The van der Waals surface area contributed by atoms with Gasteiger partial charge in [0.2, 0.25) is 5.91 Å². The van der Waals surface area contributed by atoms with E-state index in [-0.39, 0.29) is 18.9 Å². The fraction of sp³-hybridized carbons (Fsp3) is 0.643. The number of hydrogen-bond acceptors (Lipinski definition) is 6. The Morgan fingerprint density at radius 3 is 2.95 bits per heavy atom. The van der Waals surface area contributed by atoms with Gasteiger partial charge in [0.15, 0.2) is 0 Å². The molecule has 8 heteroatoms. The lowest BCUT2D eigenvalue weighted by Gasteiger charge is -2.32. The average molecular weight is 309 g/mol. The van der Waals surface area contributed by atoms with Crippen molar-refractivity contribution in [1.82, 2.24) is 19.8 Å². The molecule has 3 rings (SSSR count). The van der Waals surface area contributed by atoms with Crippen LogP contribution in [0.25, 0.3) is 0 Å². The molecule has 3 heterocycles. The van der Waals surface area contributed by atoms with E-state index in [1.807, 2.05) is 0 Å². The number of rotatable bonds is 3. The number of nitrogens with two attached hydrogens (primary N) is 1. The lowest BCUT2D eigenvalue weighted by molar-refractivity contribution is -0.140. The van der Waals surface area contributed by atoms with Crippen LogP contribution < -0.4 is 5.73 Å². The van der Waals surface area contributed by atoms with E-state index in [0.29, 0.717) is 44.5 Å². The van der Waals surface area contributed by atoms with Gasteiger partial charge in [-0.1, -0.05) is 0 Å². The van der Waals surface area contributed by atoms with Crippen LogP contribution in [0.4, 0.5) is 10.2 Å². The number of halogens is 1. The maximum absolute atomic E-state index is 13.8. The molecular weight excluding hydrogens is 289 g/mol. The molecule has 1 aromatic heterocycles. The van der Waals surface area contributed by atoms with E-state index < -0.39 is 12.2 Å². The number of morpholine rings is 1. The molecule has 2 aliphatic heterocycles. The third-order valence-electron chi connectivity index (χ3n) is 4.03. The maximum atomic E-state index is 13.8. The maximum Gasteiger partial charge on any atom is 0.240 e. The number of hydrogen-bond donors (Lipinski definition) is 1. The first-order chi connectivity index (χ1) is 10.6. The Hall–Kier alpha value is -1.80. The van der Waals surface area contributed by atoms with Crippen molar-refractivity contribution < 1.29 is 13.9 Å². The number of amides is 1. The average Bonchev–Trinajstić information content (AvgIpc) is 2.88. The topological polar surface area (TPSA) is 84.6 Å². The molecule has 2 aliphatic rings. The van der Waals surface area contributed by atoms with Crippen molar-refractivity contribution in [3.63, 3.8) is 0 Å². The number of carbonyl (C=O) groups excluding carboxylic acids is 1. The fourth-order valence-electron chi connectivity index (χ4n) is 2.95. The predicted molar refractivity (Wildman–Crippen MR) is 77.6 cm³/mol. The van der Waals surface area contributed by atoms with Gasteiger partial charge in [0.05, 0.1) is 25.8 Å². The van der Waals surface area contributed by atoms with Gasteiger partial charge in [0.1, 0.15) is 17.8 Å². The van der Waals surface area contributed by atoms with Gasteiger partial charge >= 0.3 is 0 Å². The molecule has 0 saturated carbocycles. The van der Waals surface area contributed by atoms with E-state index in [1.54, 1.807) is 22.1 Å². The van der Waals surface area contributed by atoms with Gasteiger partial charge in [-0.05, 0) is 6.07 Å². The van der Waals surface area contributed by atoms with Crippen LogP contribution in [0.1, 0.15) is 12.2 Å². The zero-order chi connectivity index (χ0) is 15.5. The normalized spacial score (nSPS) is 26.3. The van der Waals surface area contributed by atoms with Gasteiger partial charge in [-0.15, -0.1) is 0 Å². The van der Waals surface area contributed by atoms with Crippen LogP contribution in [0.5, 0.6) is 0 Å². The molecule has 2 N–H and O–H groups in total. The minimum absolute atomic E-state index is 0.0349. The SMILES string of the molecule is Nc1ccnc(CN2C[C@H](F)C[C@H]2C(=O)N2CCOCC2)n1. The van der Waals surface area contributed by atoms with Crippen LogP contribution in [-0.2, 0) is 16.1 Å². The number of ether oxygens (including phenoxy) is 1. The molecule has 0 aromatic carbocycles. The zero-order valence-electron chi connectivity index (χ0n) is 12.3. The Bertz CT molecular complexity index is 538. The highest BCUT2D eigenvalue weighted by molar-refractivity contribution is 5.82. The Kier molecular flexibility index (Phi) is 4.49. The number of nitrogen functional groups attached to an aromatic ring is 1. The van der Waals surface area contributed by atoms with Gasteiger partial charge < -0.3 is 15.4 Å². The van der Waals surface area contributed by atoms with Crippen molar-refractivity contribution in [2.75, 3.05) is 38.6 Å². The minimum atomic E-state index is -1.00. The van der Waals surface area contributed by atoms with E-state index in [9.17, 15) is 9.18 Å². The van der Waals surface area contributed by atoms with Crippen LogP contribution >= 0.6 is 0 Å². The summed E-state index contributed by atoms with van der Waals surface area (Å²) in [6.07, 6.45) is 0.786. The molecule has 0 spiro atoms. The summed E-state index contributed by atoms with van der Waals surface area (Å²) in [6, 6.07) is 1.14. The molecule has 1 amide bonds. The number of carbonyl (C=O) groups is 1. The molecule has 2 atom stereocenters. The standard InChI is InChI=1S/C14H20FN5O2/c15-10-7-11(14(21)19-3-5-22-6-4-19)20(8-10)9-13-17-2-1-12(16)18-13/h1-2,10-11H,3-9H2,(H2,16,17,18)/t10-,11+/m1/s1. The van der Waals surface area contributed by atoms with Crippen molar-refractivity contribution in [1.29, 1.82) is 0 Å². The molecule has 1 aromatic rings. The highest BCUT2D eigenvalue weighted by Crippen LogP contribution is 2.24. The van der Waals surface area contributed by atoms with E-state index >= 15 is 0 Å². The molecule has 2 fully saturated rings. The van der Waals surface area contributed by atoms with Crippen molar-refractivity contribution >= 4 is 11.7 Å². The molecule has 120 valence electrons. The Morgan fingerprint density at radius 2 is 2.23 bits per heavy atom. The third-order valence-corrected chi connectivity index (χ3v) is 4.03. The number of anilines is 1. The summed E-state index contributed by atoms with van der Waals surface area (Å²) in [5.74, 6) is 0.846. The van der Waals surface area contributed by atoms with Crippen LogP contribution in [0.3, 0.4) is 0 Å².